The molecule has 0 saturated heterocycles. The Balaban J connectivity index is 3.17. The highest BCUT2D eigenvalue weighted by Crippen LogP contribution is 2.24. The maximum atomic E-state index is 8.37. The lowest BCUT2D eigenvalue weighted by molar-refractivity contribution is 0.348. The lowest BCUT2D eigenvalue weighted by Gasteiger charge is -2.13. The number of nitrogens with zero attached hydrogens (tertiary/aromatic N) is 1. The second-order valence-corrected chi connectivity index (χ2v) is 2.48. The minimum Gasteiger partial charge on any atom is -0.337 e. The highest BCUT2D eigenvalue weighted by Gasteiger charge is 2.05. The van der Waals surface area contributed by atoms with Crippen LogP contribution < -0.4 is 5.84 Å². The van der Waals surface area contributed by atoms with Gasteiger partial charge >= 0.3 is 0 Å². The Hall–Kier alpha value is 0.270. The van der Waals surface area contributed by atoms with Crippen LogP contribution in [0.2, 0.25) is 0 Å². The summed E-state index contributed by atoms with van der Waals surface area (Å²) in [5.41, 5.74) is 0. The van der Waals surface area contributed by atoms with Gasteiger partial charge in [0.05, 0.1) is 0 Å². The van der Waals surface area contributed by atoms with Crippen LogP contribution in [0.3, 0.4) is 0 Å². The SMILES string of the molecule is CCCN(N)P(O)O. The van der Waals surface area contributed by atoms with Gasteiger partial charge in [-0.1, -0.05) is 6.92 Å². The first kappa shape index (κ1) is 8.27. The normalized spacial score (nSPS) is 11.2. The number of rotatable bonds is 3. The number of hydrogen-bond donors (Lipinski definition) is 3. The predicted octanol–water partition coefficient (Wildman–Crippen LogP) is -0.216. The summed E-state index contributed by atoms with van der Waals surface area (Å²) in [6.07, 6.45) is 0.830. The molecule has 8 heavy (non-hydrogen) atoms. The molecule has 0 radical (unpaired) electrons. The number of hydrogen-bond acceptors (Lipinski definition) is 4. The van der Waals surface area contributed by atoms with Crippen molar-refractivity contribution in [2.45, 2.75) is 13.3 Å². The predicted molar refractivity (Wildman–Crippen MR) is 32.5 cm³/mol. The first-order valence-corrected chi connectivity index (χ1v) is 3.58. The summed E-state index contributed by atoms with van der Waals surface area (Å²) < 4.78 is 1.02. The number of hydrazine groups is 1. The minimum atomic E-state index is -2.06. The van der Waals surface area contributed by atoms with Gasteiger partial charge in [0, 0.05) is 6.54 Å². The average Bonchev–Trinajstić information content (AvgIpc) is 1.67. The first-order chi connectivity index (χ1) is 3.68. The third kappa shape index (κ3) is 3.29. The molecule has 0 aliphatic carbocycles. The van der Waals surface area contributed by atoms with E-state index in [0.29, 0.717) is 6.54 Å². The van der Waals surface area contributed by atoms with E-state index < -0.39 is 8.53 Å². The molecule has 0 bridgehead atoms. The van der Waals surface area contributed by atoms with Gasteiger partial charge in [-0.25, -0.2) is 0 Å². The minimum absolute atomic E-state index is 0.526. The van der Waals surface area contributed by atoms with E-state index in [1.54, 1.807) is 0 Å². The van der Waals surface area contributed by atoms with Gasteiger partial charge in [-0.3, -0.25) is 5.84 Å². The van der Waals surface area contributed by atoms with E-state index >= 15 is 0 Å². The number of nitrogens with two attached hydrogens (primary N) is 1. The Bertz CT molecular complexity index is 61.2. The molecule has 0 atom stereocenters. The molecule has 0 aromatic carbocycles. The summed E-state index contributed by atoms with van der Waals surface area (Å²) in [7, 11) is -2.06. The molecule has 0 aromatic rings. The van der Waals surface area contributed by atoms with Crippen LogP contribution in [0.5, 0.6) is 0 Å². The van der Waals surface area contributed by atoms with Crippen molar-refractivity contribution in [3.05, 3.63) is 0 Å². The van der Waals surface area contributed by atoms with Crippen LogP contribution in [0.1, 0.15) is 13.3 Å². The van der Waals surface area contributed by atoms with Crippen LogP contribution >= 0.6 is 8.53 Å². The van der Waals surface area contributed by atoms with Crippen molar-refractivity contribution in [1.29, 1.82) is 0 Å². The Morgan fingerprint density at radius 1 is 1.62 bits per heavy atom. The van der Waals surface area contributed by atoms with Crippen LogP contribution in [0.4, 0.5) is 0 Å². The molecule has 0 aliphatic heterocycles. The molecule has 0 fully saturated rings. The first-order valence-electron chi connectivity index (χ1n) is 2.38. The van der Waals surface area contributed by atoms with Gasteiger partial charge in [-0.2, -0.15) is 4.78 Å². The van der Waals surface area contributed by atoms with E-state index in [-0.39, 0.29) is 0 Å². The Labute approximate surface area is 49.9 Å². The average molecular weight is 138 g/mol. The Kier molecular flexibility index (Phi) is 4.32. The summed E-state index contributed by atoms with van der Waals surface area (Å²) in [5, 5.41) is 0. The molecule has 4 nitrogen and oxygen atoms in total. The highest BCUT2D eigenvalue weighted by atomic mass is 31.2. The van der Waals surface area contributed by atoms with Crippen LogP contribution in [0.25, 0.3) is 0 Å². The standard InChI is InChI=1S/C3H11N2O2P/c1-2-3-5(4)8(6)7/h6-7H,2-4H2,1H3. The summed E-state index contributed by atoms with van der Waals surface area (Å²) in [6, 6.07) is 0. The van der Waals surface area contributed by atoms with E-state index in [1.165, 1.54) is 0 Å². The zero-order valence-electron chi connectivity index (χ0n) is 4.78. The van der Waals surface area contributed by atoms with Crippen molar-refractivity contribution >= 4 is 8.53 Å². The molecular formula is C3H11N2O2P. The smallest absolute Gasteiger partial charge is 0.267 e. The summed E-state index contributed by atoms with van der Waals surface area (Å²) >= 11 is 0. The molecular weight excluding hydrogens is 127 g/mol. The second kappa shape index (κ2) is 4.18. The Morgan fingerprint density at radius 3 is 2.25 bits per heavy atom. The van der Waals surface area contributed by atoms with Crippen molar-refractivity contribution in [1.82, 2.24) is 4.78 Å². The zero-order valence-corrected chi connectivity index (χ0v) is 5.67. The van der Waals surface area contributed by atoms with Crippen molar-refractivity contribution < 1.29 is 9.79 Å². The molecule has 0 amide bonds. The molecule has 0 spiro atoms. The summed E-state index contributed by atoms with van der Waals surface area (Å²) in [4.78, 5) is 16.7. The molecule has 0 heterocycles. The molecule has 0 aromatic heterocycles. The van der Waals surface area contributed by atoms with Gasteiger partial charge in [0.15, 0.2) is 0 Å². The summed E-state index contributed by atoms with van der Waals surface area (Å²) in [6.45, 7) is 2.44. The molecule has 0 unspecified atom stereocenters. The van der Waals surface area contributed by atoms with Crippen molar-refractivity contribution in [2.24, 2.45) is 5.84 Å². The van der Waals surface area contributed by atoms with E-state index in [4.69, 9.17) is 15.6 Å². The van der Waals surface area contributed by atoms with Gasteiger partial charge in [-0.05, 0) is 6.42 Å². The quantitative estimate of drug-likeness (QED) is 0.286. The van der Waals surface area contributed by atoms with Gasteiger partial charge in [0.25, 0.3) is 8.53 Å². The van der Waals surface area contributed by atoms with Crippen LogP contribution in [-0.4, -0.2) is 21.1 Å². The topological polar surface area (TPSA) is 69.7 Å². The zero-order chi connectivity index (χ0) is 6.57. The molecule has 0 saturated carbocycles. The maximum Gasteiger partial charge on any atom is 0.267 e. The van der Waals surface area contributed by atoms with Crippen molar-refractivity contribution in [3.8, 4) is 0 Å². The molecule has 4 N–H and O–H groups in total. The summed E-state index contributed by atoms with van der Waals surface area (Å²) in [5.74, 6) is 5.09. The van der Waals surface area contributed by atoms with E-state index in [1.807, 2.05) is 6.92 Å². The lowest BCUT2D eigenvalue weighted by atomic mass is 10.5. The van der Waals surface area contributed by atoms with Crippen LogP contribution in [0.15, 0.2) is 0 Å². The van der Waals surface area contributed by atoms with Crippen LogP contribution in [0, 0.1) is 0 Å². The van der Waals surface area contributed by atoms with Gasteiger partial charge < -0.3 is 9.79 Å². The molecule has 50 valence electrons. The third-order valence-corrected chi connectivity index (χ3v) is 1.34. The van der Waals surface area contributed by atoms with Gasteiger partial charge in [0.1, 0.15) is 0 Å². The molecule has 0 aliphatic rings. The van der Waals surface area contributed by atoms with Crippen LogP contribution in [-0.2, 0) is 0 Å². The fourth-order valence-corrected chi connectivity index (χ4v) is 0.697. The van der Waals surface area contributed by atoms with Crippen molar-refractivity contribution in [3.63, 3.8) is 0 Å². The van der Waals surface area contributed by atoms with Gasteiger partial charge in [0.2, 0.25) is 0 Å². The highest BCUT2D eigenvalue weighted by molar-refractivity contribution is 7.42. The van der Waals surface area contributed by atoms with E-state index in [2.05, 4.69) is 0 Å². The monoisotopic (exact) mass is 138 g/mol. The second-order valence-electron chi connectivity index (χ2n) is 1.43. The van der Waals surface area contributed by atoms with E-state index in [0.717, 1.165) is 11.2 Å². The lowest BCUT2D eigenvalue weighted by Crippen LogP contribution is -2.25. The molecule has 5 heteroatoms. The fourth-order valence-electron chi connectivity index (χ4n) is 0.319. The van der Waals surface area contributed by atoms with E-state index in [9.17, 15) is 0 Å². The fraction of sp³-hybridized carbons (Fsp3) is 1.00. The van der Waals surface area contributed by atoms with Gasteiger partial charge in [-0.15, -0.1) is 0 Å². The largest absolute Gasteiger partial charge is 0.337 e. The Morgan fingerprint density at radius 2 is 2.12 bits per heavy atom. The third-order valence-electron chi connectivity index (χ3n) is 0.682. The maximum absolute atomic E-state index is 8.37. The van der Waals surface area contributed by atoms with Crippen molar-refractivity contribution in [2.75, 3.05) is 6.54 Å². The molecule has 0 rings (SSSR count).